The van der Waals surface area contributed by atoms with Crippen LogP contribution in [0.2, 0.25) is 0 Å². The summed E-state index contributed by atoms with van der Waals surface area (Å²) in [4.78, 5) is 4.64. The van der Waals surface area contributed by atoms with Crippen LogP contribution in [0.4, 0.5) is 0 Å². The fraction of sp³-hybridized carbons (Fsp3) is 1.00. The second kappa shape index (κ2) is 23.4. The third-order valence-corrected chi connectivity index (χ3v) is 7.51. The van der Waals surface area contributed by atoms with Crippen LogP contribution >= 0.6 is 0 Å². The highest BCUT2D eigenvalue weighted by atomic mass is 35.5. The molecule has 0 saturated carbocycles. The molecule has 0 radical (unpaired) electrons. The standard InChI is InChI=1S/C28H58N2.ClH/c1-4-6-8-10-12-14-16-18-20-22-24-29-26-27-30(28(29)3)25-23-21-19-17-15-13-11-9-7-5-2;/h28H,4-27H2,1-3H3;1H. The van der Waals surface area contributed by atoms with E-state index in [0.717, 1.165) is 6.17 Å². The molecule has 31 heavy (non-hydrogen) atoms. The van der Waals surface area contributed by atoms with Gasteiger partial charge in [-0.1, -0.05) is 123 Å². The molecular formula is C28H59ClN2. The van der Waals surface area contributed by atoms with Crippen LogP contribution in [0.25, 0.3) is 0 Å². The Bertz CT molecular complexity index is 318. The third kappa shape index (κ3) is 17.4. The molecule has 2 atom stereocenters. The first-order valence-electron chi connectivity index (χ1n) is 14.4. The molecule has 0 spiro atoms. The minimum absolute atomic E-state index is 0. The highest BCUT2D eigenvalue weighted by molar-refractivity contribution is 4.64. The van der Waals surface area contributed by atoms with Crippen LogP contribution in [-0.2, 0) is 0 Å². The number of nitrogens with one attached hydrogen (secondary N) is 1. The van der Waals surface area contributed by atoms with Crippen molar-refractivity contribution in [2.45, 2.75) is 155 Å². The summed E-state index contributed by atoms with van der Waals surface area (Å²) < 4.78 is 0. The average Bonchev–Trinajstić information content (AvgIpc) is 3.10. The first kappa shape index (κ1) is 31.2. The van der Waals surface area contributed by atoms with Gasteiger partial charge in [0.25, 0.3) is 0 Å². The van der Waals surface area contributed by atoms with Crippen LogP contribution in [0.5, 0.6) is 0 Å². The lowest BCUT2D eigenvalue weighted by Gasteiger charge is -2.23. The molecular weight excluding hydrogens is 400 g/mol. The van der Waals surface area contributed by atoms with Crippen molar-refractivity contribution in [1.82, 2.24) is 4.90 Å². The molecule has 0 amide bonds. The Morgan fingerprint density at radius 1 is 0.581 bits per heavy atom. The van der Waals surface area contributed by atoms with Crippen molar-refractivity contribution in [3.05, 3.63) is 0 Å². The zero-order valence-corrected chi connectivity index (χ0v) is 22.6. The van der Waals surface area contributed by atoms with Gasteiger partial charge in [-0.05, 0) is 19.3 Å². The molecule has 1 aliphatic rings. The van der Waals surface area contributed by atoms with Crippen LogP contribution in [-0.4, -0.2) is 37.2 Å². The molecule has 0 aromatic rings. The minimum Gasteiger partial charge on any atom is -1.00 e. The molecule has 188 valence electrons. The Labute approximate surface area is 203 Å². The zero-order valence-electron chi connectivity index (χ0n) is 21.9. The van der Waals surface area contributed by atoms with Gasteiger partial charge in [-0.2, -0.15) is 0 Å². The summed E-state index contributed by atoms with van der Waals surface area (Å²) in [5.74, 6) is 0. The molecule has 0 aromatic carbocycles. The van der Waals surface area contributed by atoms with E-state index in [1.807, 2.05) is 4.90 Å². The third-order valence-electron chi connectivity index (χ3n) is 7.51. The van der Waals surface area contributed by atoms with Crippen LogP contribution in [0, 0.1) is 0 Å². The smallest absolute Gasteiger partial charge is 0.141 e. The lowest BCUT2D eigenvalue weighted by molar-refractivity contribution is -0.916. The number of hydrogen-bond acceptors (Lipinski definition) is 1. The summed E-state index contributed by atoms with van der Waals surface area (Å²) in [5.41, 5.74) is 0. The van der Waals surface area contributed by atoms with E-state index in [1.165, 1.54) is 155 Å². The van der Waals surface area contributed by atoms with Crippen LogP contribution in [0.15, 0.2) is 0 Å². The molecule has 0 bridgehead atoms. The van der Waals surface area contributed by atoms with E-state index >= 15 is 0 Å². The Morgan fingerprint density at radius 3 is 1.42 bits per heavy atom. The van der Waals surface area contributed by atoms with E-state index in [4.69, 9.17) is 0 Å². The van der Waals surface area contributed by atoms with Gasteiger partial charge in [0.2, 0.25) is 0 Å². The van der Waals surface area contributed by atoms with E-state index in [0.29, 0.717) is 0 Å². The van der Waals surface area contributed by atoms with Gasteiger partial charge in [-0.3, -0.25) is 0 Å². The van der Waals surface area contributed by atoms with Crippen molar-refractivity contribution in [2.24, 2.45) is 0 Å². The van der Waals surface area contributed by atoms with Gasteiger partial charge < -0.3 is 17.3 Å². The van der Waals surface area contributed by atoms with Crippen molar-refractivity contribution in [3.8, 4) is 0 Å². The molecule has 1 saturated heterocycles. The largest absolute Gasteiger partial charge is 1.00 e. The molecule has 1 N–H and O–H groups in total. The average molecular weight is 459 g/mol. The quantitative estimate of drug-likeness (QED) is 0.236. The SMILES string of the molecule is CCCCCCCCCCCCN1CC[NH+](CCCCCCCCCCCC)C1C.[Cl-]. The van der Waals surface area contributed by atoms with Crippen LogP contribution in [0.1, 0.15) is 149 Å². The molecule has 2 unspecified atom stereocenters. The van der Waals surface area contributed by atoms with Gasteiger partial charge in [0.15, 0.2) is 0 Å². The van der Waals surface area contributed by atoms with Crippen molar-refractivity contribution < 1.29 is 17.3 Å². The van der Waals surface area contributed by atoms with Gasteiger partial charge in [0.1, 0.15) is 6.17 Å². The fourth-order valence-electron chi connectivity index (χ4n) is 5.23. The Hall–Kier alpha value is 0.210. The Morgan fingerprint density at radius 2 is 0.968 bits per heavy atom. The summed E-state index contributed by atoms with van der Waals surface area (Å²) in [6, 6.07) is 0. The topological polar surface area (TPSA) is 7.68 Å². The lowest BCUT2D eigenvalue weighted by atomic mass is 10.1. The molecule has 0 aromatic heterocycles. The van der Waals surface area contributed by atoms with Crippen molar-refractivity contribution in [2.75, 3.05) is 26.2 Å². The summed E-state index contributed by atoms with van der Waals surface area (Å²) in [6.07, 6.45) is 29.8. The second-order valence-corrected chi connectivity index (χ2v) is 10.2. The Balaban J connectivity index is 0.00000900. The lowest BCUT2D eigenvalue weighted by Crippen LogP contribution is -3.14. The number of nitrogens with zero attached hydrogens (tertiary/aromatic N) is 1. The van der Waals surface area contributed by atoms with Crippen LogP contribution in [0.3, 0.4) is 0 Å². The van der Waals surface area contributed by atoms with E-state index in [1.54, 1.807) is 0 Å². The minimum atomic E-state index is 0. The van der Waals surface area contributed by atoms with Gasteiger partial charge in [-0.25, -0.2) is 4.90 Å². The van der Waals surface area contributed by atoms with Gasteiger partial charge in [0.05, 0.1) is 19.6 Å². The van der Waals surface area contributed by atoms with Gasteiger partial charge in [0, 0.05) is 13.5 Å². The van der Waals surface area contributed by atoms with Gasteiger partial charge >= 0.3 is 0 Å². The zero-order chi connectivity index (χ0) is 21.7. The van der Waals surface area contributed by atoms with Crippen molar-refractivity contribution >= 4 is 0 Å². The summed E-state index contributed by atoms with van der Waals surface area (Å²) in [5, 5.41) is 0. The van der Waals surface area contributed by atoms with Crippen LogP contribution < -0.4 is 17.3 Å². The van der Waals surface area contributed by atoms with E-state index in [-0.39, 0.29) is 12.4 Å². The molecule has 2 nitrogen and oxygen atoms in total. The predicted octanol–water partition coefficient (Wildman–Crippen LogP) is 4.38. The molecule has 0 aliphatic carbocycles. The first-order valence-corrected chi connectivity index (χ1v) is 14.4. The van der Waals surface area contributed by atoms with E-state index < -0.39 is 0 Å². The second-order valence-electron chi connectivity index (χ2n) is 10.2. The maximum atomic E-state index is 2.77. The normalized spacial score (nSPS) is 19.1. The monoisotopic (exact) mass is 458 g/mol. The first-order chi connectivity index (χ1) is 14.8. The van der Waals surface area contributed by atoms with Gasteiger partial charge in [-0.15, -0.1) is 0 Å². The molecule has 3 heteroatoms. The number of halogens is 1. The summed E-state index contributed by atoms with van der Waals surface area (Å²) in [7, 11) is 0. The van der Waals surface area contributed by atoms with E-state index in [2.05, 4.69) is 25.7 Å². The number of rotatable bonds is 22. The molecule has 1 rings (SSSR count). The highest BCUT2D eigenvalue weighted by Gasteiger charge is 2.30. The number of unbranched alkanes of at least 4 members (excludes halogenated alkanes) is 18. The maximum Gasteiger partial charge on any atom is 0.141 e. The Kier molecular flexibility index (Phi) is 23.5. The highest BCUT2D eigenvalue weighted by Crippen LogP contribution is 2.12. The van der Waals surface area contributed by atoms with E-state index in [9.17, 15) is 0 Å². The predicted molar refractivity (Wildman–Crippen MR) is 135 cm³/mol. The summed E-state index contributed by atoms with van der Waals surface area (Å²) >= 11 is 0. The maximum absolute atomic E-state index is 2.77. The molecule has 1 heterocycles. The number of hydrogen-bond donors (Lipinski definition) is 1. The molecule has 1 fully saturated rings. The van der Waals surface area contributed by atoms with Crippen molar-refractivity contribution in [1.29, 1.82) is 0 Å². The number of quaternary nitrogens is 1. The molecule has 1 aliphatic heterocycles. The fourth-order valence-corrected chi connectivity index (χ4v) is 5.23. The van der Waals surface area contributed by atoms with Crippen molar-refractivity contribution in [3.63, 3.8) is 0 Å². The summed E-state index contributed by atoms with van der Waals surface area (Å²) in [6.45, 7) is 12.6.